The molecular formula is C24H23N5O3S2. The first-order valence-corrected chi connectivity index (χ1v) is 12.7. The Labute approximate surface area is 205 Å². The molecule has 0 unspecified atom stereocenters. The van der Waals surface area contributed by atoms with Gasteiger partial charge in [-0.2, -0.15) is 5.10 Å². The molecule has 1 aliphatic heterocycles. The van der Waals surface area contributed by atoms with E-state index in [0.717, 1.165) is 34.3 Å². The zero-order valence-corrected chi connectivity index (χ0v) is 20.4. The number of hydrazone groups is 1. The summed E-state index contributed by atoms with van der Waals surface area (Å²) in [5.74, 6) is 2.39. The van der Waals surface area contributed by atoms with Crippen LogP contribution in [0, 0.1) is 0 Å². The van der Waals surface area contributed by atoms with Gasteiger partial charge >= 0.3 is 0 Å². The van der Waals surface area contributed by atoms with Crippen LogP contribution in [0.1, 0.15) is 30.7 Å². The zero-order valence-electron chi connectivity index (χ0n) is 18.7. The number of furan rings is 1. The molecule has 1 aromatic carbocycles. The number of methoxy groups -OCH3 is 1. The Hall–Kier alpha value is -3.37. The molecule has 0 N–H and O–H groups in total. The predicted molar refractivity (Wildman–Crippen MR) is 132 cm³/mol. The first-order valence-electron chi connectivity index (χ1n) is 10.8. The predicted octanol–water partition coefficient (Wildman–Crippen LogP) is 5.10. The number of amides is 1. The van der Waals surface area contributed by atoms with Gasteiger partial charge in [-0.05, 0) is 60.3 Å². The fourth-order valence-electron chi connectivity index (χ4n) is 3.86. The van der Waals surface area contributed by atoms with E-state index in [4.69, 9.17) is 14.3 Å². The van der Waals surface area contributed by atoms with Gasteiger partial charge in [-0.3, -0.25) is 4.79 Å². The van der Waals surface area contributed by atoms with E-state index in [1.807, 2.05) is 65.4 Å². The molecule has 4 heterocycles. The van der Waals surface area contributed by atoms with Crippen molar-refractivity contribution in [1.82, 2.24) is 19.8 Å². The van der Waals surface area contributed by atoms with Gasteiger partial charge in [-0.15, -0.1) is 21.5 Å². The van der Waals surface area contributed by atoms with Gasteiger partial charge in [0.25, 0.3) is 5.91 Å². The number of thiophene rings is 1. The van der Waals surface area contributed by atoms with Crippen molar-refractivity contribution in [2.24, 2.45) is 5.10 Å². The minimum atomic E-state index is -0.286. The second-order valence-corrected chi connectivity index (χ2v) is 9.46. The lowest BCUT2D eigenvalue weighted by Crippen LogP contribution is -2.28. The van der Waals surface area contributed by atoms with Gasteiger partial charge in [0.2, 0.25) is 0 Å². The molecule has 1 atom stereocenters. The monoisotopic (exact) mass is 493 g/mol. The molecule has 4 aromatic rings. The number of hydrogen-bond donors (Lipinski definition) is 0. The van der Waals surface area contributed by atoms with Crippen LogP contribution in [0.2, 0.25) is 0 Å². The smallest absolute Gasteiger partial charge is 0.253 e. The molecule has 0 fully saturated rings. The molecule has 3 aromatic heterocycles. The van der Waals surface area contributed by atoms with Crippen LogP contribution in [-0.2, 0) is 11.3 Å². The van der Waals surface area contributed by atoms with Gasteiger partial charge < -0.3 is 13.7 Å². The van der Waals surface area contributed by atoms with Crippen molar-refractivity contribution in [3.8, 4) is 16.5 Å². The van der Waals surface area contributed by atoms with E-state index >= 15 is 0 Å². The molecule has 34 heavy (non-hydrogen) atoms. The van der Waals surface area contributed by atoms with Gasteiger partial charge in [-0.25, -0.2) is 5.01 Å². The Kier molecular flexibility index (Phi) is 6.50. The summed E-state index contributed by atoms with van der Waals surface area (Å²) in [5.41, 5.74) is 1.78. The standard InChI is InChI=1S/C24H23N5O3S2/c1-3-28-23(21-7-5-13-33-21)25-26-24(28)34-15-22(30)29-19(20-6-4-12-32-20)14-18(27-29)16-8-10-17(31-2)11-9-16/h4-13,19H,3,14-15H2,1-2H3/t19-/m0/s1. The number of aromatic nitrogens is 3. The Bertz CT molecular complexity index is 1280. The first-order chi connectivity index (χ1) is 16.7. The van der Waals surface area contributed by atoms with Crippen LogP contribution in [0.15, 0.2) is 74.8 Å². The van der Waals surface area contributed by atoms with E-state index in [1.165, 1.54) is 16.8 Å². The number of ether oxygens (including phenoxy) is 1. The maximum Gasteiger partial charge on any atom is 0.253 e. The van der Waals surface area contributed by atoms with Crippen molar-refractivity contribution in [2.75, 3.05) is 12.9 Å². The Morgan fingerprint density at radius 3 is 2.74 bits per heavy atom. The molecule has 1 aliphatic rings. The molecule has 174 valence electrons. The van der Waals surface area contributed by atoms with Crippen molar-refractivity contribution in [1.29, 1.82) is 0 Å². The van der Waals surface area contributed by atoms with Crippen LogP contribution in [0.4, 0.5) is 0 Å². The van der Waals surface area contributed by atoms with E-state index in [9.17, 15) is 4.79 Å². The van der Waals surface area contributed by atoms with E-state index in [2.05, 4.69) is 10.2 Å². The van der Waals surface area contributed by atoms with Crippen molar-refractivity contribution < 1.29 is 13.9 Å². The summed E-state index contributed by atoms with van der Waals surface area (Å²) in [6, 6.07) is 15.1. The summed E-state index contributed by atoms with van der Waals surface area (Å²) in [6.45, 7) is 2.76. The number of hydrogen-bond acceptors (Lipinski definition) is 8. The summed E-state index contributed by atoms with van der Waals surface area (Å²) in [5, 5.41) is 17.7. The second kappa shape index (κ2) is 9.86. The molecular weight excluding hydrogens is 470 g/mol. The molecule has 0 spiro atoms. The SMILES string of the molecule is CCn1c(SCC(=O)N2N=C(c3ccc(OC)cc3)C[C@H]2c2ccco2)nnc1-c1cccs1. The van der Waals surface area contributed by atoms with Crippen LogP contribution in [-0.4, -0.2) is 44.3 Å². The molecule has 0 radical (unpaired) electrons. The Morgan fingerprint density at radius 2 is 2.06 bits per heavy atom. The maximum absolute atomic E-state index is 13.3. The van der Waals surface area contributed by atoms with Gasteiger partial charge in [-0.1, -0.05) is 17.8 Å². The largest absolute Gasteiger partial charge is 0.497 e. The third kappa shape index (κ3) is 4.38. The highest BCUT2D eigenvalue weighted by Crippen LogP contribution is 2.34. The van der Waals surface area contributed by atoms with Crippen LogP contribution >= 0.6 is 23.1 Å². The van der Waals surface area contributed by atoms with Gasteiger partial charge in [0.05, 0.1) is 29.7 Å². The molecule has 0 saturated heterocycles. The highest BCUT2D eigenvalue weighted by molar-refractivity contribution is 7.99. The molecule has 0 saturated carbocycles. The topological polar surface area (TPSA) is 85.8 Å². The average Bonchev–Trinajstić information content (AvgIpc) is 3.68. The quantitative estimate of drug-likeness (QED) is 0.318. The lowest BCUT2D eigenvalue weighted by atomic mass is 10.0. The minimum Gasteiger partial charge on any atom is -0.497 e. The molecule has 8 nitrogen and oxygen atoms in total. The molecule has 1 amide bonds. The lowest BCUT2D eigenvalue weighted by Gasteiger charge is -2.19. The molecule has 10 heteroatoms. The van der Waals surface area contributed by atoms with E-state index in [0.29, 0.717) is 17.3 Å². The lowest BCUT2D eigenvalue weighted by molar-refractivity contribution is -0.130. The number of thioether (sulfide) groups is 1. The normalized spacial score (nSPS) is 15.5. The highest BCUT2D eigenvalue weighted by atomic mass is 32.2. The van der Waals surface area contributed by atoms with Crippen molar-refractivity contribution in [3.05, 3.63) is 71.5 Å². The van der Waals surface area contributed by atoms with Crippen LogP contribution < -0.4 is 4.74 Å². The maximum atomic E-state index is 13.3. The van der Waals surface area contributed by atoms with Gasteiger partial charge in [0.15, 0.2) is 11.0 Å². The van der Waals surface area contributed by atoms with Crippen molar-refractivity contribution >= 4 is 34.7 Å². The summed E-state index contributed by atoms with van der Waals surface area (Å²) >= 11 is 2.99. The summed E-state index contributed by atoms with van der Waals surface area (Å²) in [7, 11) is 1.63. The number of benzene rings is 1. The molecule has 0 bridgehead atoms. The van der Waals surface area contributed by atoms with Gasteiger partial charge in [0.1, 0.15) is 17.6 Å². The fourth-order valence-corrected chi connectivity index (χ4v) is 5.43. The Balaban J connectivity index is 1.36. The number of carbonyl (C=O) groups is 1. The summed E-state index contributed by atoms with van der Waals surface area (Å²) in [6.07, 6.45) is 2.19. The third-order valence-electron chi connectivity index (χ3n) is 5.56. The zero-order chi connectivity index (χ0) is 23.5. The van der Waals surface area contributed by atoms with Crippen molar-refractivity contribution in [2.45, 2.75) is 31.1 Å². The van der Waals surface area contributed by atoms with Gasteiger partial charge in [0, 0.05) is 13.0 Å². The highest BCUT2D eigenvalue weighted by Gasteiger charge is 2.35. The number of rotatable bonds is 8. The fraction of sp³-hybridized carbons (Fsp3) is 0.250. The van der Waals surface area contributed by atoms with E-state index in [1.54, 1.807) is 24.7 Å². The van der Waals surface area contributed by atoms with E-state index in [-0.39, 0.29) is 17.7 Å². The van der Waals surface area contributed by atoms with Crippen LogP contribution in [0.5, 0.6) is 5.75 Å². The number of nitrogens with zero attached hydrogens (tertiary/aromatic N) is 5. The van der Waals surface area contributed by atoms with Crippen LogP contribution in [0.25, 0.3) is 10.7 Å². The second-order valence-electron chi connectivity index (χ2n) is 7.57. The average molecular weight is 494 g/mol. The van der Waals surface area contributed by atoms with E-state index < -0.39 is 0 Å². The number of carbonyl (C=O) groups excluding carboxylic acids is 1. The summed E-state index contributed by atoms with van der Waals surface area (Å²) < 4.78 is 12.9. The molecule has 0 aliphatic carbocycles. The Morgan fingerprint density at radius 1 is 1.21 bits per heavy atom. The summed E-state index contributed by atoms with van der Waals surface area (Å²) in [4.78, 5) is 14.4. The van der Waals surface area contributed by atoms with Crippen LogP contribution in [0.3, 0.4) is 0 Å². The third-order valence-corrected chi connectivity index (χ3v) is 7.38. The molecule has 5 rings (SSSR count). The first kappa shape index (κ1) is 22.4. The minimum absolute atomic E-state index is 0.113. The van der Waals surface area contributed by atoms with Crippen molar-refractivity contribution in [3.63, 3.8) is 0 Å².